The lowest BCUT2D eigenvalue weighted by Crippen LogP contribution is -2.52. The van der Waals surface area contributed by atoms with Crippen molar-refractivity contribution in [1.29, 1.82) is 0 Å². The molecular formula is C30H36ClN5O5. The third-order valence-corrected chi connectivity index (χ3v) is 6.71. The minimum atomic E-state index is -1.00. The first kappa shape index (κ1) is 31.4. The summed E-state index contributed by atoms with van der Waals surface area (Å²) in [6, 6.07) is 9.90. The Balaban J connectivity index is 1.89. The van der Waals surface area contributed by atoms with Crippen LogP contribution in [0.15, 0.2) is 61.7 Å². The Labute approximate surface area is 245 Å². The van der Waals surface area contributed by atoms with Gasteiger partial charge in [0.05, 0.1) is 29.3 Å². The standard InChI is InChI=1S/C30H36ClN5O5/c1-6-14-34(15-7-2)24-13-12-21(31)18-23(24)33-30(40)29(39)32-22-10-9-11-25(28(22)41-27(38)8-3)36-17-16-35(20(4)5)19-26(36)37/h6-7,9-13,18,20H,1-2,8,14-17,19H2,3-5H3,(H,32,39)(H,33,40). The number of nitrogens with zero attached hydrogens (tertiary/aromatic N) is 3. The number of amides is 3. The number of esters is 1. The van der Waals surface area contributed by atoms with Crippen LogP contribution in [0.3, 0.4) is 0 Å². The van der Waals surface area contributed by atoms with Gasteiger partial charge in [-0.05, 0) is 44.2 Å². The first-order valence-electron chi connectivity index (χ1n) is 13.4. The monoisotopic (exact) mass is 581 g/mol. The maximum Gasteiger partial charge on any atom is 0.314 e. The van der Waals surface area contributed by atoms with Gasteiger partial charge >= 0.3 is 17.8 Å². The fourth-order valence-electron chi connectivity index (χ4n) is 4.34. The number of carbonyl (C=O) groups is 4. The predicted molar refractivity (Wildman–Crippen MR) is 163 cm³/mol. The average Bonchev–Trinajstić information content (AvgIpc) is 2.93. The molecule has 0 radical (unpaired) electrons. The molecule has 0 bridgehead atoms. The van der Waals surface area contributed by atoms with Gasteiger partial charge in [0.15, 0.2) is 5.75 Å². The Kier molecular flexibility index (Phi) is 11.1. The van der Waals surface area contributed by atoms with Crippen molar-refractivity contribution in [2.45, 2.75) is 33.2 Å². The van der Waals surface area contributed by atoms with Gasteiger partial charge in [0.25, 0.3) is 0 Å². The molecule has 1 aliphatic rings. The molecule has 2 N–H and O–H groups in total. The van der Waals surface area contributed by atoms with Gasteiger partial charge in [-0.3, -0.25) is 24.1 Å². The highest BCUT2D eigenvalue weighted by atomic mass is 35.5. The summed E-state index contributed by atoms with van der Waals surface area (Å²) in [6.07, 6.45) is 3.48. The van der Waals surface area contributed by atoms with E-state index in [0.29, 0.717) is 48.3 Å². The summed E-state index contributed by atoms with van der Waals surface area (Å²) in [6.45, 7) is 15.3. The molecule has 0 atom stereocenters. The molecule has 11 heteroatoms. The van der Waals surface area contributed by atoms with E-state index in [9.17, 15) is 19.2 Å². The van der Waals surface area contributed by atoms with Crippen LogP contribution in [0.4, 0.5) is 22.7 Å². The van der Waals surface area contributed by atoms with Crippen LogP contribution in [0.2, 0.25) is 5.02 Å². The van der Waals surface area contributed by atoms with Gasteiger partial charge in [-0.2, -0.15) is 0 Å². The van der Waals surface area contributed by atoms with E-state index in [-0.39, 0.29) is 36.4 Å². The maximum atomic E-state index is 13.1. The van der Waals surface area contributed by atoms with Crippen molar-refractivity contribution < 1.29 is 23.9 Å². The van der Waals surface area contributed by atoms with Crippen LogP contribution < -0.4 is 25.2 Å². The largest absolute Gasteiger partial charge is 0.422 e. The molecule has 1 heterocycles. The van der Waals surface area contributed by atoms with Crippen molar-refractivity contribution in [2.24, 2.45) is 0 Å². The van der Waals surface area contributed by atoms with E-state index in [1.54, 1.807) is 49.4 Å². The molecule has 3 rings (SSSR count). The molecule has 2 aromatic carbocycles. The van der Waals surface area contributed by atoms with Crippen molar-refractivity contribution in [1.82, 2.24) is 4.90 Å². The highest BCUT2D eigenvalue weighted by molar-refractivity contribution is 6.44. The summed E-state index contributed by atoms with van der Waals surface area (Å²) in [7, 11) is 0. The zero-order valence-electron chi connectivity index (χ0n) is 23.6. The van der Waals surface area contributed by atoms with E-state index in [0.717, 1.165) is 0 Å². The molecule has 2 aromatic rings. The van der Waals surface area contributed by atoms with Crippen LogP contribution in [0.1, 0.15) is 27.2 Å². The second-order valence-corrected chi connectivity index (χ2v) is 10.1. The van der Waals surface area contributed by atoms with Crippen molar-refractivity contribution in [3.05, 3.63) is 66.7 Å². The summed E-state index contributed by atoms with van der Waals surface area (Å²) in [5.41, 5.74) is 1.35. The molecular weight excluding hydrogens is 546 g/mol. The van der Waals surface area contributed by atoms with Gasteiger partial charge in [-0.1, -0.05) is 36.7 Å². The van der Waals surface area contributed by atoms with Crippen LogP contribution in [-0.2, 0) is 19.2 Å². The van der Waals surface area contributed by atoms with Gasteiger partial charge in [-0.25, -0.2) is 0 Å². The summed E-state index contributed by atoms with van der Waals surface area (Å²) in [5, 5.41) is 5.52. The number of ether oxygens (including phenoxy) is 1. The van der Waals surface area contributed by atoms with Crippen molar-refractivity contribution in [3.8, 4) is 5.75 Å². The average molecular weight is 582 g/mol. The Hall–Kier alpha value is -4.15. The molecule has 41 heavy (non-hydrogen) atoms. The summed E-state index contributed by atoms with van der Waals surface area (Å²) >= 11 is 6.19. The second kappa shape index (κ2) is 14.5. The SMILES string of the molecule is C=CCN(CC=C)c1ccc(Cl)cc1NC(=O)C(=O)Nc1cccc(N2CCN(C(C)C)CC2=O)c1OC(=O)CC. The number of hydrogen-bond donors (Lipinski definition) is 2. The predicted octanol–water partition coefficient (Wildman–Crippen LogP) is 4.47. The van der Waals surface area contributed by atoms with E-state index >= 15 is 0 Å². The summed E-state index contributed by atoms with van der Waals surface area (Å²) in [4.78, 5) is 57.0. The molecule has 10 nitrogen and oxygen atoms in total. The van der Waals surface area contributed by atoms with Crippen LogP contribution in [0.25, 0.3) is 0 Å². The lowest BCUT2D eigenvalue weighted by Gasteiger charge is -2.37. The van der Waals surface area contributed by atoms with Gasteiger partial charge in [0.2, 0.25) is 5.91 Å². The number of para-hydroxylation sites is 1. The molecule has 0 spiro atoms. The van der Waals surface area contributed by atoms with Crippen LogP contribution in [0, 0.1) is 0 Å². The highest BCUT2D eigenvalue weighted by Crippen LogP contribution is 2.37. The number of carbonyl (C=O) groups excluding carboxylic acids is 4. The molecule has 0 aromatic heterocycles. The third-order valence-electron chi connectivity index (χ3n) is 6.47. The fourth-order valence-corrected chi connectivity index (χ4v) is 4.51. The third kappa shape index (κ3) is 7.96. The van der Waals surface area contributed by atoms with Crippen LogP contribution in [-0.4, -0.2) is 67.4 Å². The minimum absolute atomic E-state index is 0.00145. The molecule has 1 saturated heterocycles. The number of halogens is 1. The number of benzene rings is 2. The topological polar surface area (TPSA) is 111 Å². The fraction of sp³-hybridized carbons (Fsp3) is 0.333. The van der Waals surface area contributed by atoms with E-state index in [1.807, 2.05) is 23.6 Å². The maximum absolute atomic E-state index is 13.1. The number of rotatable bonds is 11. The quantitative estimate of drug-likeness (QED) is 0.174. The molecule has 0 aliphatic carbocycles. The summed E-state index contributed by atoms with van der Waals surface area (Å²) < 4.78 is 5.58. The molecule has 0 saturated carbocycles. The van der Waals surface area contributed by atoms with Crippen molar-refractivity contribution >= 4 is 58.0 Å². The van der Waals surface area contributed by atoms with Crippen molar-refractivity contribution in [2.75, 3.05) is 53.2 Å². The number of anilines is 4. The molecule has 218 valence electrons. The Morgan fingerprint density at radius 1 is 1.05 bits per heavy atom. The van der Waals surface area contributed by atoms with Crippen LogP contribution in [0.5, 0.6) is 5.75 Å². The molecule has 1 aliphatic heterocycles. The van der Waals surface area contributed by atoms with E-state index < -0.39 is 17.8 Å². The van der Waals surface area contributed by atoms with E-state index in [1.165, 1.54) is 11.0 Å². The van der Waals surface area contributed by atoms with Gasteiger partial charge in [0.1, 0.15) is 0 Å². The summed E-state index contributed by atoms with van der Waals surface area (Å²) in [5.74, 6) is -2.70. The number of nitrogens with one attached hydrogen (secondary N) is 2. The Morgan fingerprint density at radius 3 is 2.29 bits per heavy atom. The lowest BCUT2D eigenvalue weighted by atomic mass is 10.1. The minimum Gasteiger partial charge on any atom is -0.422 e. The first-order valence-corrected chi connectivity index (χ1v) is 13.7. The first-order chi connectivity index (χ1) is 19.6. The highest BCUT2D eigenvalue weighted by Gasteiger charge is 2.30. The van der Waals surface area contributed by atoms with Crippen molar-refractivity contribution in [3.63, 3.8) is 0 Å². The lowest BCUT2D eigenvalue weighted by molar-refractivity contribution is -0.134. The number of hydrogen-bond acceptors (Lipinski definition) is 7. The zero-order valence-corrected chi connectivity index (χ0v) is 24.4. The molecule has 3 amide bonds. The van der Waals surface area contributed by atoms with Gasteiger partial charge in [-0.15, -0.1) is 13.2 Å². The van der Waals surface area contributed by atoms with E-state index in [2.05, 4.69) is 23.8 Å². The Bertz CT molecular complexity index is 1320. The second-order valence-electron chi connectivity index (χ2n) is 9.64. The van der Waals surface area contributed by atoms with E-state index in [4.69, 9.17) is 16.3 Å². The van der Waals surface area contributed by atoms with Gasteiger partial charge < -0.3 is 25.2 Å². The normalized spacial score (nSPS) is 13.5. The molecule has 1 fully saturated rings. The smallest absolute Gasteiger partial charge is 0.314 e. The Morgan fingerprint density at radius 2 is 1.71 bits per heavy atom. The number of piperazine rings is 1. The molecule has 0 unspecified atom stereocenters. The zero-order chi connectivity index (χ0) is 30.1. The van der Waals surface area contributed by atoms with Gasteiger partial charge in [0, 0.05) is 43.7 Å². The van der Waals surface area contributed by atoms with Crippen LogP contribution >= 0.6 is 11.6 Å².